The van der Waals surface area contributed by atoms with Gasteiger partial charge in [-0.25, -0.2) is 14.4 Å². The van der Waals surface area contributed by atoms with Crippen molar-refractivity contribution in [2.75, 3.05) is 6.61 Å². The van der Waals surface area contributed by atoms with Gasteiger partial charge in [-0.3, -0.25) is 0 Å². The van der Waals surface area contributed by atoms with Gasteiger partial charge in [0, 0.05) is 12.0 Å². The first-order chi connectivity index (χ1) is 14.3. The quantitative estimate of drug-likeness (QED) is 0.658. The summed E-state index contributed by atoms with van der Waals surface area (Å²) in [6.45, 7) is 3.56. The summed E-state index contributed by atoms with van der Waals surface area (Å²) in [7, 11) is 0. The van der Waals surface area contributed by atoms with E-state index in [4.69, 9.17) is 37.1 Å². The molecule has 30 heavy (non-hydrogen) atoms. The predicted molar refractivity (Wildman–Crippen MR) is 112 cm³/mol. The Kier molecular flexibility index (Phi) is 7.47. The van der Waals surface area contributed by atoms with Crippen LogP contribution in [0.4, 0.5) is 4.79 Å². The molecule has 0 spiro atoms. The number of amides is 1. The van der Waals surface area contributed by atoms with Gasteiger partial charge in [0.05, 0.1) is 18.1 Å². The molecule has 2 aliphatic rings. The van der Waals surface area contributed by atoms with Crippen molar-refractivity contribution in [1.82, 2.24) is 5.32 Å². The lowest BCUT2D eigenvalue weighted by molar-refractivity contribution is -0.141. The number of halogens is 2. The number of rotatable bonds is 5. The van der Waals surface area contributed by atoms with Crippen molar-refractivity contribution in [3.63, 3.8) is 0 Å². The summed E-state index contributed by atoms with van der Waals surface area (Å²) >= 11 is 12.2. The average Bonchev–Trinajstić information content (AvgIpc) is 2.72. The second kappa shape index (κ2) is 9.88. The van der Waals surface area contributed by atoms with E-state index in [2.05, 4.69) is 5.32 Å². The Bertz CT molecular complexity index is 917. The molecular formula is C21H25Cl2NO6. The molecule has 1 saturated carbocycles. The third-order valence-electron chi connectivity index (χ3n) is 5.56. The molecule has 7 nitrogen and oxygen atoms in total. The van der Waals surface area contributed by atoms with Crippen LogP contribution in [0.1, 0.15) is 55.9 Å². The fraction of sp³-hybridized carbons (Fsp3) is 0.571. The molecule has 0 bridgehead atoms. The van der Waals surface area contributed by atoms with Crippen molar-refractivity contribution in [2.24, 2.45) is 5.92 Å². The topological polar surface area (TPSA) is 94.8 Å². The molecule has 164 valence electrons. The molecule has 0 saturated heterocycles. The van der Waals surface area contributed by atoms with Crippen molar-refractivity contribution in [2.45, 2.75) is 64.8 Å². The largest absolute Gasteiger partial charge is 0.449 e. The zero-order valence-corrected chi connectivity index (χ0v) is 18.5. The number of esters is 1. The van der Waals surface area contributed by atoms with Crippen LogP contribution in [0.5, 0.6) is 0 Å². The van der Waals surface area contributed by atoms with E-state index >= 15 is 0 Å². The monoisotopic (exact) mass is 457 g/mol. The molecule has 2 aliphatic carbocycles. The molecule has 1 aromatic rings. The molecule has 1 heterocycles. The number of nitrogens with one attached hydrogen (secondary N) is 1. The summed E-state index contributed by atoms with van der Waals surface area (Å²) in [5.74, 6) is 0.240. The second-order valence-electron chi connectivity index (χ2n) is 7.80. The summed E-state index contributed by atoms with van der Waals surface area (Å²) < 4.78 is 15.8. The number of carbonyl (C=O) groups excluding carboxylic acids is 2. The molecular weight excluding hydrogens is 433 g/mol. The highest BCUT2D eigenvalue weighted by Crippen LogP contribution is 2.32. The van der Waals surface area contributed by atoms with Gasteiger partial charge in [-0.2, -0.15) is 0 Å². The molecule has 1 amide bonds. The Labute approximate surface area is 184 Å². The summed E-state index contributed by atoms with van der Waals surface area (Å²) in [5.41, 5.74) is 0.663. The smallest absolute Gasteiger partial charge is 0.407 e. The number of ether oxygens (including phenoxy) is 2. The Morgan fingerprint density at radius 3 is 2.60 bits per heavy atom. The highest BCUT2D eigenvalue weighted by atomic mass is 35.5. The lowest BCUT2D eigenvalue weighted by Crippen LogP contribution is -2.40. The van der Waals surface area contributed by atoms with Crippen LogP contribution in [0, 0.1) is 12.8 Å². The van der Waals surface area contributed by atoms with Gasteiger partial charge in [0.15, 0.2) is 0 Å². The number of carbonyl (C=O) groups is 2. The molecule has 0 aromatic carbocycles. The van der Waals surface area contributed by atoms with E-state index in [0.717, 1.165) is 25.7 Å². The molecule has 9 heteroatoms. The maximum atomic E-state index is 12.4. The Morgan fingerprint density at radius 1 is 1.20 bits per heavy atom. The van der Waals surface area contributed by atoms with Gasteiger partial charge in [0.2, 0.25) is 0 Å². The van der Waals surface area contributed by atoms with Crippen molar-refractivity contribution in [3.8, 4) is 0 Å². The van der Waals surface area contributed by atoms with E-state index in [1.54, 1.807) is 6.92 Å². The lowest BCUT2D eigenvalue weighted by atomic mass is 9.90. The third kappa shape index (κ3) is 5.38. The number of hydrogen-bond donors (Lipinski definition) is 1. The number of alkyl carbamates (subject to hydrolysis) is 1. The summed E-state index contributed by atoms with van der Waals surface area (Å²) in [6.07, 6.45) is 5.28. The minimum absolute atomic E-state index is 0.0169. The van der Waals surface area contributed by atoms with Gasteiger partial charge >= 0.3 is 17.7 Å². The molecule has 1 unspecified atom stereocenters. The molecule has 1 fully saturated rings. The first-order valence-corrected chi connectivity index (χ1v) is 10.8. The van der Waals surface area contributed by atoms with Crippen LogP contribution in [0.15, 0.2) is 20.0 Å². The minimum atomic E-state index is -0.929. The molecule has 0 aliphatic heterocycles. The van der Waals surface area contributed by atoms with Crippen LogP contribution in [0.25, 0.3) is 0 Å². The number of allylic oxidation sites excluding steroid dienone is 2. The zero-order valence-electron chi connectivity index (χ0n) is 17.0. The van der Waals surface area contributed by atoms with E-state index in [1.165, 1.54) is 13.3 Å². The average molecular weight is 458 g/mol. The molecule has 1 atom stereocenters. The maximum absolute atomic E-state index is 12.4. The van der Waals surface area contributed by atoms with E-state index in [-0.39, 0.29) is 23.6 Å². The lowest BCUT2D eigenvalue weighted by Gasteiger charge is -2.22. The normalized spacial score (nSPS) is 17.9. The van der Waals surface area contributed by atoms with E-state index in [1.807, 2.05) is 0 Å². The fourth-order valence-corrected chi connectivity index (χ4v) is 4.10. The summed E-state index contributed by atoms with van der Waals surface area (Å²) in [6, 6.07) is -0.929. The molecule has 3 rings (SSSR count). The second-order valence-corrected chi connectivity index (χ2v) is 8.64. The SMILES string of the molecule is Cc1c2c(oc(=O)c1Cl)CC(OC(=O)C(C)NC(=O)OCC1CCCCC1)=C(Cl)C2. The fourth-order valence-electron chi connectivity index (χ4n) is 3.71. The Hall–Kier alpha value is -1.99. The third-order valence-corrected chi connectivity index (χ3v) is 6.34. The highest BCUT2D eigenvalue weighted by Gasteiger charge is 2.28. The zero-order chi connectivity index (χ0) is 21.8. The van der Waals surface area contributed by atoms with Gasteiger partial charge in [0.1, 0.15) is 22.6 Å². The van der Waals surface area contributed by atoms with E-state index in [9.17, 15) is 14.4 Å². The van der Waals surface area contributed by atoms with Crippen LogP contribution >= 0.6 is 23.2 Å². The van der Waals surface area contributed by atoms with Crippen molar-refractivity contribution in [1.29, 1.82) is 0 Å². The summed E-state index contributed by atoms with van der Waals surface area (Å²) in [5, 5.41) is 2.81. The van der Waals surface area contributed by atoms with Crippen molar-refractivity contribution >= 4 is 35.3 Å². The number of hydrogen-bond acceptors (Lipinski definition) is 6. The first-order valence-electron chi connectivity index (χ1n) is 10.1. The van der Waals surface area contributed by atoms with Gasteiger partial charge < -0.3 is 19.2 Å². The predicted octanol–water partition coefficient (Wildman–Crippen LogP) is 4.39. The maximum Gasteiger partial charge on any atom is 0.407 e. The van der Waals surface area contributed by atoms with Crippen LogP contribution in [-0.4, -0.2) is 24.7 Å². The first kappa shape index (κ1) is 22.7. The van der Waals surface area contributed by atoms with Crippen LogP contribution < -0.4 is 10.9 Å². The molecule has 1 N–H and O–H groups in total. The van der Waals surface area contributed by atoms with E-state index < -0.39 is 23.7 Å². The molecule has 0 radical (unpaired) electrons. The van der Waals surface area contributed by atoms with Gasteiger partial charge in [0.25, 0.3) is 0 Å². The molecule has 1 aromatic heterocycles. The number of fused-ring (bicyclic) bond motifs is 1. The Balaban J connectivity index is 1.55. The van der Waals surface area contributed by atoms with Crippen LogP contribution in [0.2, 0.25) is 5.02 Å². The standard InChI is InChI=1S/C21H25Cl2NO6/c1-11-14-8-15(22)17(9-16(14)29-20(26)18(11)23)30-19(25)12(2)24-21(27)28-10-13-6-4-3-5-7-13/h12-13H,3-10H2,1-2H3,(H,24,27). The van der Waals surface area contributed by atoms with Crippen molar-refractivity contribution in [3.05, 3.63) is 43.1 Å². The van der Waals surface area contributed by atoms with Gasteiger partial charge in [-0.05, 0) is 38.2 Å². The van der Waals surface area contributed by atoms with Gasteiger partial charge in [-0.1, -0.05) is 42.5 Å². The summed E-state index contributed by atoms with van der Waals surface area (Å²) in [4.78, 5) is 36.2. The van der Waals surface area contributed by atoms with E-state index in [0.29, 0.717) is 34.4 Å². The highest BCUT2D eigenvalue weighted by molar-refractivity contribution is 6.31. The van der Waals surface area contributed by atoms with Crippen molar-refractivity contribution < 1.29 is 23.5 Å². The Morgan fingerprint density at radius 2 is 1.90 bits per heavy atom. The van der Waals surface area contributed by atoms with Crippen LogP contribution in [0.3, 0.4) is 0 Å². The van der Waals surface area contributed by atoms with Crippen LogP contribution in [-0.2, 0) is 27.1 Å². The minimum Gasteiger partial charge on any atom is -0.449 e. The van der Waals surface area contributed by atoms with Gasteiger partial charge in [-0.15, -0.1) is 0 Å².